The quantitative estimate of drug-likeness (QED) is 0.704. The largest absolute Gasteiger partial charge is 0.337 e. The van der Waals surface area contributed by atoms with Crippen LogP contribution in [-0.2, 0) is 13.1 Å². The van der Waals surface area contributed by atoms with E-state index in [0.717, 1.165) is 11.1 Å². The third-order valence-corrected chi connectivity index (χ3v) is 4.33. The molecule has 0 bridgehead atoms. The highest BCUT2D eigenvalue weighted by atomic mass is 35.5. The van der Waals surface area contributed by atoms with Crippen molar-refractivity contribution < 1.29 is 4.79 Å². The second-order valence-electron chi connectivity index (χ2n) is 5.92. The topological polar surface area (TPSA) is 51.0 Å². The van der Waals surface area contributed by atoms with Gasteiger partial charge in [-0.2, -0.15) is 5.10 Å². The predicted molar refractivity (Wildman–Crippen MR) is 97.6 cm³/mol. The number of pyridine rings is 1. The van der Waals surface area contributed by atoms with E-state index in [1.54, 1.807) is 35.9 Å². The first kappa shape index (κ1) is 17.2. The van der Waals surface area contributed by atoms with Crippen molar-refractivity contribution in [3.63, 3.8) is 0 Å². The van der Waals surface area contributed by atoms with Gasteiger partial charge in [-0.15, -0.1) is 0 Å². The number of amides is 1. The summed E-state index contributed by atoms with van der Waals surface area (Å²) in [5.74, 6) is -0.148. The first-order valence-electron chi connectivity index (χ1n) is 7.97. The van der Waals surface area contributed by atoms with E-state index in [1.807, 2.05) is 42.5 Å². The molecular weight excluding hydrogens is 336 g/mol. The zero-order valence-electron chi connectivity index (χ0n) is 14.2. The first-order chi connectivity index (χ1) is 12.1. The van der Waals surface area contributed by atoms with E-state index in [-0.39, 0.29) is 5.91 Å². The van der Waals surface area contributed by atoms with Crippen molar-refractivity contribution in [1.82, 2.24) is 19.7 Å². The van der Waals surface area contributed by atoms with Crippen LogP contribution in [0.4, 0.5) is 0 Å². The van der Waals surface area contributed by atoms with Crippen molar-refractivity contribution in [2.75, 3.05) is 7.05 Å². The van der Waals surface area contributed by atoms with Crippen LogP contribution in [0, 0.1) is 6.92 Å². The molecule has 0 atom stereocenters. The van der Waals surface area contributed by atoms with E-state index in [4.69, 9.17) is 11.6 Å². The van der Waals surface area contributed by atoms with Crippen LogP contribution in [0.5, 0.6) is 0 Å². The lowest BCUT2D eigenvalue weighted by Gasteiger charge is -2.17. The van der Waals surface area contributed by atoms with E-state index in [0.29, 0.717) is 29.5 Å². The van der Waals surface area contributed by atoms with Crippen LogP contribution in [-0.4, -0.2) is 32.6 Å². The highest BCUT2D eigenvalue weighted by Gasteiger charge is 2.23. The molecule has 0 aliphatic rings. The molecule has 1 aromatic carbocycles. The van der Waals surface area contributed by atoms with Gasteiger partial charge in [-0.25, -0.2) is 4.68 Å². The van der Waals surface area contributed by atoms with Gasteiger partial charge in [0.05, 0.1) is 17.8 Å². The fourth-order valence-corrected chi connectivity index (χ4v) is 3.00. The van der Waals surface area contributed by atoms with Gasteiger partial charge >= 0.3 is 0 Å². The fraction of sp³-hybridized carbons (Fsp3) is 0.211. The Morgan fingerprint density at radius 2 is 1.88 bits per heavy atom. The molecule has 3 rings (SSSR count). The van der Waals surface area contributed by atoms with E-state index < -0.39 is 0 Å². The minimum Gasteiger partial charge on any atom is -0.337 e. The summed E-state index contributed by atoms with van der Waals surface area (Å²) >= 11 is 6.46. The second-order valence-corrected chi connectivity index (χ2v) is 6.27. The maximum atomic E-state index is 12.8. The molecule has 3 aromatic rings. The number of carbonyl (C=O) groups excluding carboxylic acids is 1. The van der Waals surface area contributed by atoms with Gasteiger partial charge in [0.25, 0.3) is 5.91 Å². The lowest BCUT2D eigenvalue weighted by Crippen LogP contribution is -2.26. The molecule has 6 heteroatoms. The summed E-state index contributed by atoms with van der Waals surface area (Å²) in [5, 5.41) is 4.81. The van der Waals surface area contributed by atoms with Crippen molar-refractivity contribution in [2.24, 2.45) is 0 Å². The second kappa shape index (κ2) is 7.49. The molecule has 0 unspecified atom stereocenters. The van der Waals surface area contributed by atoms with E-state index in [9.17, 15) is 4.79 Å². The summed E-state index contributed by atoms with van der Waals surface area (Å²) in [6, 6.07) is 13.7. The van der Waals surface area contributed by atoms with Gasteiger partial charge in [-0.1, -0.05) is 48.0 Å². The van der Waals surface area contributed by atoms with Gasteiger partial charge in [0, 0.05) is 26.0 Å². The van der Waals surface area contributed by atoms with Crippen LogP contribution < -0.4 is 0 Å². The molecule has 0 aliphatic carbocycles. The lowest BCUT2D eigenvalue weighted by atomic mass is 10.2. The standard InChI is InChI=1S/C19H19ClN4O/c1-14-17(19(25)23(2)12-16-9-6-10-21-11-16)18(20)24(22-14)13-15-7-4-3-5-8-15/h3-11H,12-13H2,1-2H3. The highest BCUT2D eigenvalue weighted by molar-refractivity contribution is 6.33. The van der Waals surface area contributed by atoms with Crippen LogP contribution in [0.3, 0.4) is 0 Å². The molecule has 1 amide bonds. The van der Waals surface area contributed by atoms with Crippen LogP contribution in [0.25, 0.3) is 0 Å². The average molecular weight is 355 g/mol. The van der Waals surface area contributed by atoms with Gasteiger partial charge < -0.3 is 4.90 Å². The Labute approximate surface area is 151 Å². The van der Waals surface area contributed by atoms with Crippen molar-refractivity contribution in [3.8, 4) is 0 Å². The molecule has 2 aromatic heterocycles. The Balaban J connectivity index is 1.81. The maximum Gasteiger partial charge on any atom is 0.258 e. The van der Waals surface area contributed by atoms with Crippen molar-refractivity contribution in [1.29, 1.82) is 0 Å². The zero-order chi connectivity index (χ0) is 17.8. The Bertz CT molecular complexity index is 862. The van der Waals surface area contributed by atoms with Gasteiger partial charge in [-0.3, -0.25) is 9.78 Å². The number of rotatable bonds is 5. The molecule has 25 heavy (non-hydrogen) atoms. The number of halogens is 1. The molecule has 0 fully saturated rings. The van der Waals surface area contributed by atoms with Crippen molar-refractivity contribution in [3.05, 3.63) is 82.4 Å². The van der Waals surface area contributed by atoms with Crippen molar-refractivity contribution >= 4 is 17.5 Å². The molecule has 128 valence electrons. The van der Waals surface area contributed by atoms with Crippen LogP contribution in [0.15, 0.2) is 54.9 Å². The molecule has 0 aliphatic heterocycles. The minimum absolute atomic E-state index is 0.148. The molecule has 0 saturated heterocycles. The van der Waals surface area contributed by atoms with Gasteiger partial charge in [0.15, 0.2) is 0 Å². The smallest absolute Gasteiger partial charge is 0.258 e. The van der Waals surface area contributed by atoms with Crippen LogP contribution >= 0.6 is 11.6 Å². The van der Waals surface area contributed by atoms with Crippen molar-refractivity contribution in [2.45, 2.75) is 20.0 Å². The summed E-state index contributed by atoms with van der Waals surface area (Å²) < 4.78 is 1.66. The third-order valence-electron chi connectivity index (χ3n) is 3.94. The summed E-state index contributed by atoms with van der Waals surface area (Å²) in [6.07, 6.45) is 3.46. The average Bonchev–Trinajstić information content (AvgIpc) is 2.89. The summed E-state index contributed by atoms with van der Waals surface area (Å²) in [4.78, 5) is 18.5. The number of aryl methyl sites for hydroxylation is 1. The predicted octanol–water partition coefficient (Wildman–Crippen LogP) is 3.56. The molecular formula is C19H19ClN4O. The lowest BCUT2D eigenvalue weighted by molar-refractivity contribution is 0.0784. The number of nitrogens with zero attached hydrogens (tertiary/aromatic N) is 4. The Hall–Kier alpha value is -2.66. The third kappa shape index (κ3) is 3.88. The Morgan fingerprint density at radius 3 is 2.56 bits per heavy atom. The number of hydrogen-bond donors (Lipinski definition) is 0. The molecule has 5 nitrogen and oxygen atoms in total. The van der Waals surface area contributed by atoms with Gasteiger partial charge in [0.2, 0.25) is 0 Å². The monoisotopic (exact) mass is 354 g/mol. The summed E-state index contributed by atoms with van der Waals surface area (Å²) in [5.41, 5.74) is 3.12. The SMILES string of the molecule is Cc1nn(Cc2ccccc2)c(Cl)c1C(=O)N(C)Cc1cccnc1. The number of benzene rings is 1. The molecule has 0 spiro atoms. The molecule has 0 N–H and O–H groups in total. The molecule has 0 saturated carbocycles. The number of carbonyl (C=O) groups is 1. The highest BCUT2D eigenvalue weighted by Crippen LogP contribution is 2.23. The number of aromatic nitrogens is 3. The molecule has 2 heterocycles. The maximum absolute atomic E-state index is 12.8. The van der Waals surface area contributed by atoms with Gasteiger partial charge in [0.1, 0.15) is 5.15 Å². The zero-order valence-corrected chi connectivity index (χ0v) is 14.9. The van der Waals surface area contributed by atoms with Crippen LogP contribution in [0.1, 0.15) is 27.2 Å². The summed E-state index contributed by atoms with van der Waals surface area (Å²) in [7, 11) is 1.75. The number of hydrogen-bond acceptors (Lipinski definition) is 3. The Morgan fingerprint density at radius 1 is 1.16 bits per heavy atom. The van der Waals surface area contributed by atoms with E-state index >= 15 is 0 Å². The van der Waals surface area contributed by atoms with Gasteiger partial charge in [-0.05, 0) is 24.1 Å². The summed E-state index contributed by atoms with van der Waals surface area (Å²) in [6.45, 7) is 2.80. The Kier molecular flexibility index (Phi) is 5.14. The normalized spacial score (nSPS) is 10.7. The fourth-order valence-electron chi connectivity index (χ4n) is 2.69. The van der Waals surface area contributed by atoms with E-state index in [2.05, 4.69) is 10.1 Å². The first-order valence-corrected chi connectivity index (χ1v) is 8.35. The van der Waals surface area contributed by atoms with E-state index in [1.165, 1.54) is 0 Å². The van der Waals surface area contributed by atoms with Crippen LogP contribution in [0.2, 0.25) is 5.15 Å². The minimum atomic E-state index is -0.148. The molecule has 0 radical (unpaired) electrons.